The lowest BCUT2D eigenvalue weighted by atomic mass is 11.9. The monoisotopic (exact) mass is 208 g/mol. The van der Waals surface area contributed by atoms with Crippen LogP contribution in [-0.4, -0.2) is 31.5 Å². The fraction of sp³-hybridized carbons (Fsp3) is 1.00. The van der Waals surface area contributed by atoms with E-state index in [9.17, 15) is 0 Å². The Morgan fingerprint density at radius 2 is 0.875 bits per heavy atom. The van der Waals surface area contributed by atoms with Crippen molar-refractivity contribution >= 4 is 68.7 Å². The first-order valence-corrected chi connectivity index (χ1v) is 5.97. The van der Waals surface area contributed by atoms with Crippen molar-refractivity contribution < 1.29 is 0 Å². The minimum atomic E-state index is 0. The maximum atomic E-state index is 2.42. The number of rotatable bonds is 0. The molecule has 0 aliphatic carbocycles. The lowest BCUT2D eigenvalue weighted by Crippen LogP contribution is -1.53. The summed E-state index contributed by atoms with van der Waals surface area (Å²) in [6, 6.07) is 0. The summed E-state index contributed by atoms with van der Waals surface area (Å²) in [6.07, 6.45) is 0. The van der Waals surface area contributed by atoms with Gasteiger partial charge in [0.1, 0.15) is 16.3 Å². The van der Waals surface area contributed by atoms with E-state index in [4.69, 9.17) is 0 Å². The van der Waals surface area contributed by atoms with Crippen LogP contribution in [0.5, 0.6) is 0 Å². The zero-order valence-electron chi connectivity index (χ0n) is 5.51. The molecule has 0 aromatic heterocycles. The Morgan fingerprint density at radius 1 is 0.875 bits per heavy atom. The Balaban J connectivity index is -0.00000000567. The van der Waals surface area contributed by atoms with Crippen molar-refractivity contribution in [1.82, 2.24) is 0 Å². The van der Waals surface area contributed by atoms with Gasteiger partial charge in [-0.25, -0.2) is 0 Å². The maximum absolute atomic E-state index is 2.42. The Kier molecular flexibility index (Phi) is 266. The largest absolute Gasteiger partial charge is 0.229 e. The van der Waals surface area contributed by atoms with E-state index in [0.29, 0.717) is 15.2 Å². The molecule has 0 spiro atoms. The van der Waals surface area contributed by atoms with Crippen LogP contribution in [0.15, 0.2) is 0 Å². The predicted molar refractivity (Wildman–Crippen MR) is 52.2 cm³/mol. The molecule has 0 aliphatic heterocycles. The second kappa shape index (κ2) is 65.3. The van der Waals surface area contributed by atoms with E-state index in [2.05, 4.69) is 27.9 Å². The van der Waals surface area contributed by atoms with Crippen LogP contribution < -0.4 is 0 Å². The van der Waals surface area contributed by atoms with E-state index in [-0.39, 0.29) is 37.2 Å². The first kappa shape index (κ1) is 32.6. The maximum Gasteiger partial charge on any atom is 0.229 e. The van der Waals surface area contributed by atoms with Gasteiger partial charge in [-0.3, -0.25) is 0 Å². The standard InChI is InChI=1S/3CH3.2Al.3ClH.H/h3*1H3;;;3*1H;. The van der Waals surface area contributed by atoms with Gasteiger partial charge in [-0.15, -0.1) is 54.6 Å². The summed E-state index contributed by atoms with van der Waals surface area (Å²) in [7, 11) is 0. The summed E-state index contributed by atoms with van der Waals surface area (Å²) < 4.78 is 0. The molecule has 0 saturated carbocycles. The molecule has 0 aliphatic rings. The second-order valence-electron chi connectivity index (χ2n) is 0.707. The van der Waals surface area contributed by atoms with E-state index in [0.717, 1.165) is 0 Å². The fourth-order valence-corrected chi connectivity index (χ4v) is 0. The van der Waals surface area contributed by atoms with Gasteiger partial charge in [0.05, 0.1) is 0 Å². The molecule has 0 saturated heterocycles. The van der Waals surface area contributed by atoms with E-state index in [1.54, 1.807) is 0 Å². The molecular weight excluding hydrogens is 196 g/mol. The Bertz CT molecular complexity index is 12.5. The first-order valence-electron chi connectivity index (χ1n) is 1.99. The molecule has 0 nitrogen and oxygen atoms in total. The van der Waals surface area contributed by atoms with Gasteiger partial charge >= 0.3 is 0 Å². The molecule has 0 N–H and O–H groups in total. The van der Waals surface area contributed by atoms with Crippen molar-refractivity contribution in [2.75, 3.05) is 0 Å². The van der Waals surface area contributed by atoms with Crippen molar-refractivity contribution in [2.24, 2.45) is 0 Å². The minimum absolute atomic E-state index is 0. The molecule has 0 aromatic carbocycles. The van der Waals surface area contributed by atoms with Crippen molar-refractivity contribution in [1.29, 1.82) is 0 Å². The second-order valence-corrected chi connectivity index (χ2v) is 2.12. The highest BCUT2D eigenvalue weighted by atomic mass is 35.5. The Labute approximate surface area is 85.6 Å². The first-order chi connectivity index (χ1) is 2.41. The Morgan fingerprint density at radius 3 is 0.875 bits per heavy atom. The van der Waals surface area contributed by atoms with Crippen molar-refractivity contribution in [3.05, 3.63) is 0 Å². The summed E-state index contributed by atoms with van der Waals surface area (Å²) in [5.41, 5.74) is 0. The molecule has 0 rings (SSSR count). The smallest absolute Gasteiger partial charge is 0.147 e. The third kappa shape index (κ3) is 102. The molecule has 2 radical (unpaired) electrons. The molecule has 0 bridgehead atoms. The van der Waals surface area contributed by atoms with Gasteiger partial charge in [-0.2, -0.15) is 0 Å². The molecule has 0 heterocycles. The average molecular weight is 209 g/mol. The summed E-state index contributed by atoms with van der Waals surface area (Å²) >= 11 is 2.83. The van der Waals surface area contributed by atoms with Crippen molar-refractivity contribution in [3.63, 3.8) is 0 Å². The van der Waals surface area contributed by atoms with Gasteiger partial charge in [-0.05, 0) is 0 Å². The van der Waals surface area contributed by atoms with E-state index in [1.165, 1.54) is 0 Å². The summed E-state index contributed by atoms with van der Waals surface area (Å²) in [6.45, 7) is 0. The minimum Gasteiger partial charge on any atom is -0.147 e. The van der Waals surface area contributed by atoms with Crippen LogP contribution in [0.2, 0.25) is 17.4 Å². The quantitative estimate of drug-likeness (QED) is 0.535. The molecule has 52 valence electrons. The van der Waals surface area contributed by atoms with Crippen LogP contribution in [0.25, 0.3) is 0 Å². The van der Waals surface area contributed by atoms with Gasteiger partial charge in [0.15, 0.2) is 0 Å². The van der Waals surface area contributed by atoms with Crippen molar-refractivity contribution in [2.45, 2.75) is 17.4 Å². The highest BCUT2D eigenvalue weighted by Gasteiger charge is 1.48. The molecule has 0 atom stereocenters. The van der Waals surface area contributed by atoms with Gasteiger partial charge in [0.2, 0.25) is 15.2 Å². The van der Waals surface area contributed by atoms with Gasteiger partial charge in [0.25, 0.3) is 0 Å². The van der Waals surface area contributed by atoms with Crippen LogP contribution in [-0.2, 0) is 0 Å². The van der Waals surface area contributed by atoms with Gasteiger partial charge in [-0.1, -0.05) is 0 Å². The van der Waals surface area contributed by atoms with Crippen LogP contribution >= 0.6 is 37.2 Å². The molecular formula is C3H13Al2Cl3. The third-order valence-electron chi connectivity index (χ3n) is 0. The number of hydrogen-bond acceptors (Lipinski definition) is 0. The number of halogens is 3. The van der Waals surface area contributed by atoms with Crippen LogP contribution in [0.1, 0.15) is 0 Å². The summed E-state index contributed by atoms with van der Waals surface area (Å²) in [5.74, 6) is 6.44. The van der Waals surface area contributed by atoms with E-state index < -0.39 is 0 Å². The molecule has 0 fully saturated rings. The number of hydrogen-bond donors (Lipinski definition) is 0. The SMILES string of the molecule is Cl.Cl.Cl.[CH3][AlH][CH3].[CH3][Al]. The topological polar surface area (TPSA) is 0 Å². The van der Waals surface area contributed by atoms with E-state index in [1.807, 2.05) is 5.79 Å². The zero-order valence-corrected chi connectivity index (χ0v) is 10.5. The molecule has 0 amide bonds. The lowest BCUT2D eigenvalue weighted by molar-refractivity contribution is 2.14. The van der Waals surface area contributed by atoms with Crippen LogP contribution in [0.3, 0.4) is 0 Å². The summed E-state index contributed by atoms with van der Waals surface area (Å²) in [4.78, 5) is 0. The predicted octanol–water partition coefficient (Wildman–Crippen LogP) is 1.99. The average Bonchev–Trinajstić information content (AvgIpc) is 1.46. The summed E-state index contributed by atoms with van der Waals surface area (Å²) in [5, 5.41) is 0. The highest BCUT2D eigenvalue weighted by molar-refractivity contribution is 6.31. The van der Waals surface area contributed by atoms with E-state index >= 15 is 0 Å². The molecule has 0 aromatic rings. The normalized spacial score (nSPS) is 2.38. The van der Waals surface area contributed by atoms with Crippen molar-refractivity contribution in [3.8, 4) is 0 Å². The fourth-order valence-electron chi connectivity index (χ4n) is 0. The Hall–Kier alpha value is 1.93. The molecule has 8 heavy (non-hydrogen) atoms. The lowest BCUT2D eigenvalue weighted by Gasteiger charge is -1.36. The molecule has 0 unspecified atom stereocenters. The van der Waals surface area contributed by atoms with Gasteiger partial charge < -0.3 is 0 Å². The van der Waals surface area contributed by atoms with Crippen LogP contribution in [0.4, 0.5) is 0 Å². The van der Waals surface area contributed by atoms with Gasteiger partial charge in [0, 0.05) is 0 Å². The zero-order chi connectivity index (χ0) is 4.71. The highest BCUT2D eigenvalue weighted by Crippen LogP contribution is 1.36. The van der Waals surface area contributed by atoms with Crippen LogP contribution in [0, 0.1) is 0 Å². The molecule has 5 heteroatoms. The third-order valence-corrected chi connectivity index (χ3v) is 0.